The third-order valence-corrected chi connectivity index (χ3v) is 5.42. The Hall–Kier alpha value is -1.90. The van der Waals surface area contributed by atoms with Crippen LogP contribution in [-0.2, 0) is 6.54 Å². The molecule has 0 amide bonds. The molecule has 1 N–H and O–H groups in total. The average molecular weight is 379 g/mol. The van der Waals surface area contributed by atoms with Crippen molar-refractivity contribution in [3.63, 3.8) is 0 Å². The zero-order valence-electron chi connectivity index (χ0n) is 13.6. The molecule has 0 unspecified atom stereocenters. The van der Waals surface area contributed by atoms with Gasteiger partial charge in [-0.05, 0) is 30.5 Å². The molecule has 1 atom stereocenters. The molecular formula is C17H18FN3O2S2. The van der Waals surface area contributed by atoms with Crippen LogP contribution in [0.15, 0.2) is 46.9 Å². The third kappa shape index (κ3) is 4.39. The average Bonchev–Trinajstić information content (AvgIpc) is 3.28. The maximum atomic E-state index is 13.5. The van der Waals surface area contributed by atoms with Gasteiger partial charge in [-0.1, -0.05) is 30.0 Å². The first-order valence-electron chi connectivity index (χ1n) is 7.84. The van der Waals surface area contributed by atoms with E-state index in [1.165, 1.54) is 23.9 Å². The van der Waals surface area contributed by atoms with Crippen LogP contribution in [-0.4, -0.2) is 38.3 Å². The van der Waals surface area contributed by atoms with E-state index in [0.29, 0.717) is 5.75 Å². The summed E-state index contributed by atoms with van der Waals surface area (Å²) in [5.41, 5.74) is 0. The summed E-state index contributed by atoms with van der Waals surface area (Å²) in [5, 5.41) is 21.3. The van der Waals surface area contributed by atoms with Crippen LogP contribution >= 0.6 is 23.1 Å². The minimum absolute atomic E-state index is 0.0198. The minimum Gasteiger partial charge on any atom is -0.488 e. The molecule has 0 aliphatic heterocycles. The molecule has 8 heteroatoms. The van der Waals surface area contributed by atoms with E-state index in [1.807, 2.05) is 29.0 Å². The third-order valence-electron chi connectivity index (χ3n) is 3.45. The summed E-state index contributed by atoms with van der Waals surface area (Å²) in [5.74, 6) is 0.922. The van der Waals surface area contributed by atoms with Gasteiger partial charge in [0.25, 0.3) is 0 Å². The molecule has 3 rings (SSSR count). The van der Waals surface area contributed by atoms with Gasteiger partial charge in [0.15, 0.2) is 22.5 Å². The minimum atomic E-state index is -0.739. The molecule has 0 aliphatic rings. The second kappa shape index (κ2) is 8.46. The maximum Gasteiger partial charge on any atom is 0.191 e. The fourth-order valence-corrected chi connectivity index (χ4v) is 3.86. The van der Waals surface area contributed by atoms with Crippen LogP contribution in [0.2, 0.25) is 0 Å². The Morgan fingerprint density at radius 3 is 2.84 bits per heavy atom. The number of aromatic nitrogens is 3. The van der Waals surface area contributed by atoms with Gasteiger partial charge in [-0.3, -0.25) is 0 Å². The van der Waals surface area contributed by atoms with Gasteiger partial charge in [-0.15, -0.1) is 21.5 Å². The number of thiophene rings is 1. The molecule has 0 bridgehead atoms. The lowest BCUT2D eigenvalue weighted by Gasteiger charge is -2.12. The van der Waals surface area contributed by atoms with Gasteiger partial charge < -0.3 is 14.4 Å². The highest BCUT2D eigenvalue weighted by molar-refractivity contribution is 7.99. The summed E-state index contributed by atoms with van der Waals surface area (Å²) in [7, 11) is 0. The van der Waals surface area contributed by atoms with Crippen molar-refractivity contribution in [3.05, 3.63) is 47.6 Å². The van der Waals surface area contributed by atoms with Crippen molar-refractivity contribution in [2.75, 3.05) is 12.4 Å². The fourth-order valence-electron chi connectivity index (χ4n) is 2.24. The number of aliphatic hydroxyl groups is 1. The summed E-state index contributed by atoms with van der Waals surface area (Å²) in [6, 6.07) is 10.1. The summed E-state index contributed by atoms with van der Waals surface area (Å²) in [4.78, 5) is 1.06. The van der Waals surface area contributed by atoms with Crippen LogP contribution in [0.1, 0.15) is 6.92 Å². The predicted octanol–water partition coefficient (Wildman–Crippen LogP) is 3.70. The number of aliphatic hydroxyl groups excluding tert-OH is 1. The van der Waals surface area contributed by atoms with Gasteiger partial charge in [-0.2, -0.15) is 0 Å². The van der Waals surface area contributed by atoms with Gasteiger partial charge >= 0.3 is 0 Å². The first-order valence-corrected chi connectivity index (χ1v) is 9.70. The SMILES string of the molecule is CCn1c(SC[C@@H](O)COc2ccccc2F)nnc1-c1cccs1. The largest absolute Gasteiger partial charge is 0.488 e. The van der Waals surface area contributed by atoms with Crippen LogP contribution in [0.5, 0.6) is 5.75 Å². The van der Waals surface area contributed by atoms with Crippen LogP contribution in [0.4, 0.5) is 4.39 Å². The van der Waals surface area contributed by atoms with E-state index in [4.69, 9.17) is 4.74 Å². The van der Waals surface area contributed by atoms with Crippen molar-refractivity contribution >= 4 is 23.1 Å². The van der Waals surface area contributed by atoms with Gasteiger partial charge in [0.05, 0.1) is 11.0 Å². The quantitative estimate of drug-likeness (QED) is 0.605. The highest BCUT2D eigenvalue weighted by Gasteiger charge is 2.16. The van der Waals surface area contributed by atoms with Gasteiger partial charge in [-0.25, -0.2) is 4.39 Å². The number of para-hydroxylation sites is 1. The lowest BCUT2D eigenvalue weighted by molar-refractivity contribution is 0.123. The Kier molecular flexibility index (Phi) is 6.06. The number of hydrogen-bond donors (Lipinski definition) is 1. The second-order valence-corrected chi connectivity index (χ2v) is 7.17. The van der Waals surface area contributed by atoms with Gasteiger partial charge in [0, 0.05) is 12.3 Å². The molecule has 1 aromatic carbocycles. The first kappa shape index (κ1) is 17.9. The Morgan fingerprint density at radius 2 is 2.12 bits per heavy atom. The van der Waals surface area contributed by atoms with E-state index in [0.717, 1.165) is 22.4 Å². The molecule has 5 nitrogen and oxygen atoms in total. The first-order chi connectivity index (χ1) is 12.2. The summed E-state index contributed by atoms with van der Waals surface area (Å²) in [6.45, 7) is 2.79. The molecule has 0 fully saturated rings. The molecule has 0 saturated heterocycles. The van der Waals surface area contributed by atoms with Crippen molar-refractivity contribution in [2.45, 2.75) is 24.7 Å². The Bertz CT molecular complexity index is 808. The van der Waals surface area contributed by atoms with Crippen molar-refractivity contribution in [1.82, 2.24) is 14.8 Å². The van der Waals surface area contributed by atoms with Crippen LogP contribution < -0.4 is 4.74 Å². The summed E-state index contributed by atoms with van der Waals surface area (Å²) >= 11 is 3.02. The Balaban J connectivity index is 1.57. The Labute approximate surface area is 153 Å². The zero-order valence-corrected chi connectivity index (χ0v) is 15.3. The number of thioether (sulfide) groups is 1. The van der Waals surface area contributed by atoms with Gasteiger partial charge in [0.2, 0.25) is 0 Å². The van der Waals surface area contributed by atoms with Crippen molar-refractivity contribution in [3.8, 4) is 16.5 Å². The molecule has 0 saturated carbocycles. The van der Waals surface area contributed by atoms with E-state index < -0.39 is 11.9 Å². The fraction of sp³-hybridized carbons (Fsp3) is 0.294. The van der Waals surface area contributed by atoms with E-state index >= 15 is 0 Å². The molecular weight excluding hydrogens is 361 g/mol. The van der Waals surface area contributed by atoms with E-state index in [2.05, 4.69) is 10.2 Å². The van der Waals surface area contributed by atoms with Crippen molar-refractivity contribution in [2.24, 2.45) is 0 Å². The van der Waals surface area contributed by atoms with E-state index in [1.54, 1.807) is 23.5 Å². The van der Waals surface area contributed by atoms with Crippen molar-refractivity contribution < 1.29 is 14.2 Å². The number of halogens is 1. The van der Waals surface area contributed by atoms with E-state index in [-0.39, 0.29) is 12.4 Å². The van der Waals surface area contributed by atoms with Gasteiger partial charge in [0.1, 0.15) is 6.61 Å². The second-order valence-electron chi connectivity index (χ2n) is 5.23. The standard InChI is InChI=1S/C17H18FN3O2S2/c1-2-21-16(15-8-5-9-24-15)19-20-17(21)25-11-12(22)10-23-14-7-4-3-6-13(14)18/h3-9,12,22H,2,10-11H2,1H3/t12-/m0/s1. The monoisotopic (exact) mass is 379 g/mol. The number of hydrogen-bond acceptors (Lipinski definition) is 6. The lowest BCUT2D eigenvalue weighted by Crippen LogP contribution is -2.20. The number of rotatable bonds is 8. The lowest BCUT2D eigenvalue weighted by atomic mass is 10.3. The molecule has 25 heavy (non-hydrogen) atoms. The van der Waals surface area contributed by atoms with Crippen LogP contribution in [0.3, 0.4) is 0 Å². The molecule has 3 aromatic rings. The highest BCUT2D eigenvalue weighted by atomic mass is 32.2. The smallest absolute Gasteiger partial charge is 0.191 e. The number of benzene rings is 1. The van der Waals surface area contributed by atoms with Crippen molar-refractivity contribution in [1.29, 1.82) is 0 Å². The molecule has 0 aliphatic carbocycles. The molecule has 2 heterocycles. The van der Waals surface area contributed by atoms with Crippen LogP contribution in [0.25, 0.3) is 10.7 Å². The molecule has 2 aromatic heterocycles. The predicted molar refractivity (Wildman–Crippen MR) is 97.6 cm³/mol. The molecule has 0 radical (unpaired) electrons. The topological polar surface area (TPSA) is 60.2 Å². The Morgan fingerprint density at radius 1 is 1.28 bits per heavy atom. The number of nitrogens with zero attached hydrogens (tertiary/aromatic N) is 3. The summed E-state index contributed by atoms with van der Waals surface area (Å²) < 4.78 is 20.8. The normalized spacial score (nSPS) is 12.3. The number of ether oxygens (including phenoxy) is 1. The molecule has 132 valence electrons. The zero-order chi connectivity index (χ0) is 17.6. The summed E-state index contributed by atoms with van der Waals surface area (Å²) in [6.07, 6.45) is -0.739. The maximum absolute atomic E-state index is 13.5. The van der Waals surface area contributed by atoms with E-state index in [9.17, 15) is 9.50 Å². The molecule has 0 spiro atoms. The van der Waals surface area contributed by atoms with Crippen LogP contribution in [0, 0.1) is 5.82 Å². The highest BCUT2D eigenvalue weighted by Crippen LogP contribution is 2.27.